The normalized spacial score (nSPS) is 9.65. The number of hydrogen-bond donors (Lipinski definition) is 2. The van der Waals surface area contributed by atoms with Crippen molar-refractivity contribution in [2.45, 2.75) is 13.0 Å². The summed E-state index contributed by atoms with van der Waals surface area (Å²) in [5.41, 5.74) is 1.37. The van der Waals surface area contributed by atoms with Crippen LogP contribution in [0.25, 0.3) is 0 Å². The summed E-state index contributed by atoms with van der Waals surface area (Å²) in [6.45, 7) is 0.588. The van der Waals surface area contributed by atoms with Gasteiger partial charge in [-0.25, -0.2) is 0 Å². The monoisotopic (exact) mass is 285 g/mol. The van der Waals surface area contributed by atoms with Gasteiger partial charge in [0.05, 0.1) is 13.2 Å². The largest absolute Gasteiger partial charge is 0.395 e. The van der Waals surface area contributed by atoms with E-state index in [1.165, 1.54) is 0 Å². The second-order valence-electron chi connectivity index (χ2n) is 4.12. The average Bonchev–Trinajstić information content (AvgIpc) is 2.99. The molecule has 1 aromatic heterocycles. The van der Waals surface area contributed by atoms with Gasteiger partial charge in [0, 0.05) is 22.4 Å². The third-order valence-electron chi connectivity index (χ3n) is 2.60. The minimum absolute atomic E-state index is 0.0496. The molecule has 0 aliphatic rings. The van der Waals surface area contributed by atoms with Gasteiger partial charge in [0.15, 0.2) is 0 Å². The van der Waals surface area contributed by atoms with Crippen LogP contribution >= 0.6 is 11.3 Å². The third-order valence-corrected chi connectivity index (χ3v) is 3.47. The number of carbonyl (C=O) groups excluding carboxylic acids is 1. The van der Waals surface area contributed by atoms with Crippen LogP contribution in [0, 0.1) is 11.8 Å². The second kappa shape index (κ2) is 7.49. The molecule has 0 unspecified atom stereocenters. The number of rotatable bonds is 4. The van der Waals surface area contributed by atoms with Gasteiger partial charge in [-0.15, -0.1) is 11.3 Å². The van der Waals surface area contributed by atoms with E-state index in [1.54, 1.807) is 23.5 Å². The Kier molecular flexibility index (Phi) is 5.36. The van der Waals surface area contributed by atoms with Gasteiger partial charge >= 0.3 is 0 Å². The van der Waals surface area contributed by atoms with Crippen LogP contribution in [0.1, 0.15) is 27.2 Å². The standard InChI is InChI=1S/C16H15NO2S/c18-9-2-1-5-13-6-3-7-14(11-13)16(19)17-12-15-8-4-10-20-15/h3-4,6-8,10-11,18H,2,9,12H2,(H,17,19). The Balaban J connectivity index is 1.99. The van der Waals surface area contributed by atoms with Crippen molar-refractivity contribution >= 4 is 17.2 Å². The van der Waals surface area contributed by atoms with E-state index in [2.05, 4.69) is 17.2 Å². The van der Waals surface area contributed by atoms with Crippen molar-refractivity contribution in [3.8, 4) is 11.8 Å². The minimum atomic E-state index is -0.107. The molecule has 2 rings (SSSR count). The second-order valence-corrected chi connectivity index (χ2v) is 5.15. The zero-order valence-corrected chi connectivity index (χ0v) is 11.7. The number of thiophene rings is 1. The maximum Gasteiger partial charge on any atom is 0.251 e. The lowest BCUT2D eigenvalue weighted by molar-refractivity contribution is 0.0951. The number of aliphatic hydroxyl groups excluding tert-OH is 1. The van der Waals surface area contributed by atoms with Crippen LogP contribution < -0.4 is 5.32 Å². The molecule has 102 valence electrons. The van der Waals surface area contributed by atoms with Crippen LogP contribution in [-0.4, -0.2) is 17.6 Å². The molecule has 20 heavy (non-hydrogen) atoms. The van der Waals surface area contributed by atoms with Gasteiger partial charge in [-0.1, -0.05) is 24.0 Å². The Bertz CT molecular complexity index is 623. The SMILES string of the molecule is O=C(NCc1cccs1)c1cccc(C#CCCO)c1. The van der Waals surface area contributed by atoms with Crippen LogP contribution in [0.4, 0.5) is 0 Å². The van der Waals surface area contributed by atoms with Gasteiger partial charge in [-0.3, -0.25) is 4.79 Å². The molecule has 0 bridgehead atoms. The van der Waals surface area contributed by atoms with E-state index in [4.69, 9.17) is 5.11 Å². The summed E-state index contributed by atoms with van der Waals surface area (Å²) in [6.07, 6.45) is 0.439. The summed E-state index contributed by atoms with van der Waals surface area (Å²) in [5.74, 6) is 5.66. The summed E-state index contributed by atoms with van der Waals surface area (Å²) in [7, 11) is 0. The summed E-state index contributed by atoms with van der Waals surface area (Å²) in [6, 6.07) is 11.1. The third kappa shape index (κ3) is 4.23. The Morgan fingerprint density at radius 2 is 2.20 bits per heavy atom. The maximum atomic E-state index is 12.0. The first-order valence-electron chi connectivity index (χ1n) is 6.30. The van der Waals surface area contributed by atoms with Crippen LogP contribution in [-0.2, 0) is 6.54 Å². The van der Waals surface area contributed by atoms with Gasteiger partial charge in [-0.05, 0) is 29.6 Å². The fourth-order valence-electron chi connectivity index (χ4n) is 1.64. The molecule has 0 saturated heterocycles. The predicted octanol–water partition coefficient (Wildman–Crippen LogP) is 2.41. The van der Waals surface area contributed by atoms with Crippen molar-refractivity contribution in [1.82, 2.24) is 5.32 Å². The molecule has 0 aliphatic carbocycles. The van der Waals surface area contributed by atoms with Crippen LogP contribution in [0.2, 0.25) is 0 Å². The van der Waals surface area contributed by atoms with Gasteiger partial charge in [0.2, 0.25) is 0 Å². The van der Waals surface area contributed by atoms with Crippen LogP contribution in [0.15, 0.2) is 41.8 Å². The maximum absolute atomic E-state index is 12.0. The van der Waals surface area contributed by atoms with E-state index >= 15 is 0 Å². The van der Waals surface area contributed by atoms with Crippen molar-refractivity contribution in [1.29, 1.82) is 0 Å². The quantitative estimate of drug-likeness (QED) is 0.848. The number of carbonyl (C=O) groups is 1. The Morgan fingerprint density at radius 3 is 2.95 bits per heavy atom. The van der Waals surface area contributed by atoms with Gasteiger partial charge in [0.25, 0.3) is 5.91 Å². The van der Waals surface area contributed by atoms with Crippen molar-refractivity contribution in [3.05, 3.63) is 57.8 Å². The molecule has 2 aromatic rings. The lowest BCUT2D eigenvalue weighted by Crippen LogP contribution is -2.22. The van der Waals surface area contributed by atoms with E-state index in [1.807, 2.05) is 29.6 Å². The molecule has 1 aromatic carbocycles. The fourth-order valence-corrected chi connectivity index (χ4v) is 2.29. The minimum Gasteiger partial charge on any atom is -0.395 e. The molecule has 3 nitrogen and oxygen atoms in total. The molecule has 0 radical (unpaired) electrons. The van der Waals surface area contributed by atoms with Crippen molar-refractivity contribution in [2.24, 2.45) is 0 Å². The molecule has 2 N–H and O–H groups in total. The van der Waals surface area contributed by atoms with E-state index in [9.17, 15) is 4.79 Å². The van der Waals surface area contributed by atoms with E-state index in [0.29, 0.717) is 18.5 Å². The smallest absolute Gasteiger partial charge is 0.251 e. The van der Waals surface area contributed by atoms with Gasteiger partial charge in [0.1, 0.15) is 0 Å². The number of nitrogens with one attached hydrogen (secondary N) is 1. The lowest BCUT2D eigenvalue weighted by atomic mass is 10.1. The highest BCUT2D eigenvalue weighted by Gasteiger charge is 2.05. The zero-order chi connectivity index (χ0) is 14.2. The molecular formula is C16H15NO2S. The molecule has 1 amide bonds. The fraction of sp³-hybridized carbons (Fsp3) is 0.188. The molecular weight excluding hydrogens is 270 g/mol. The number of benzene rings is 1. The summed E-state index contributed by atoms with van der Waals surface area (Å²) in [4.78, 5) is 13.1. The molecule has 0 atom stereocenters. The molecule has 0 fully saturated rings. The molecule has 0 saturated carbocycles. The molecule has 4 heteroatoms. The highest BCUT2D eigenvalue weighted by molar-refractivity contribution is 7.09. The first kappa shape index (κ1) is 14.3. The highest BCUT2D eigenvalue weighted by atomic mass is 32.1. The first-order chi connectivity index (χ1) is 9.79. The van der Waals surface area contributed by atoms with Crippen molar-refractivity contribution in [2.75, 3.05) is 6.61 Å². The van der Waals surface area contributed by atoms with Gasteiger partial charge < -0.3 is 10.4 Å². The van der Waals surface area contributed by atoms with Crippen molar-refractivity contribution in [3.63, 3.8) is 0 Å². The Hall–Kier alpha value is -2.09. The topological polar surface area (TPSA) is 49.3 Å². The van der Waals surface area contributed by atoms with Crippen LogP contribution in [0.5, 0.6) is 0 Å². The summed E-state index contributed by atoms with van der Waals surface area (Å²) in [5, 5.41) is 13.5. The van der Waals surface area contributed by atoms with E-state index in [-0.39, 0.29) is 12.5 Å². The van der Waals surface area contributed by atoms with Gasteiger partial charge in [-0.2, -0.15) is 0 Å². The first-order valence-corrected chi connectivity index (χ1v) is 7.18. The summed E-state index contributed by atoms with van der Waals surface area (Å²) < 4.78 is 0. The Morgan fingerprint density at radius 1 is 1.30 bits per heavy atom. The average molecular weight is 285 g/mol. The number of aliphatic hydroxyl groups is 1. The van der Waals surface area contributed by atoms with Crippen molar-refractivity contribution < 1.29 is 9.90 Å². The zero-order valence-electron chi connectivity index (χ0n) is 10.9. The molecule has 0 spiro atoms. The Labute approximate surface area is 122 Å². The lowest BCUT2D eigenvalue weighted by Gasteiger charge is -2.04. The van der Waals surface area contributed by atoms with E-state index in [0.717, 1.165) is 10.4 Å². The van der Waals surface area contributed by atoms with E-state index < -0.39 is 0 Å². The number of hydrogen-bond acceptors (Lipinski definition) is 3. The number of amides is 1. The highest BCUT2D eigenvalue weighted by Crippen LogP contribution is 2.09. The molecule has 1 heterocycles. The predicted molar refractivity (Wildman–Crippen MR) is 80.5 cm³/mol. The summed E-state index contributed by atoms with van der Waals surface area (Å²) >= 11 is 1.62. The molecule has 0 aliphatic heterocycles. The van der Waals surface area contributed by atoms with Crippen LogP contribution in [0.3, 0.4) is 0 Å².